The summed E-state index contributed by atoms with van der Waals surface area (Å²) in [6, 6.07) is 8.08. The van der Waals surface area contributed by atoms with Gasteiger partial charge in [0.15, 0.2) is 0 Å². The number of hydrogen-bond donors (Lipinski definition) is 1. The Hall–Kier alpha value is -3.82. The fourth-order valence-electron chi connectivity index (χ4n) is 4.01. The van der Waals surface area contributed by atoms with E-state index in [1.165, 1.54) is 6.07 Å². The van der Waals surface area contributed by atoms with Crippen LogP contribution in [0.2, 0.25) is 0 Å². The van der Waals surface area contributed by atoms with Crippen LogP contribution in [0.1, 0.15) is 43.4 Å². The summed E-state index contributed by atoms with van der Waals surface area (Å²) in [6.07, 6.45) is 2.41. The van der Waals surface area contributed by atoms with Gasteiger partial charge in [-0.15, -0.1) is 0 Å². The number of sulfonamides is 1. The van der Waals surface area contributed by atoms with E-state index in [0.717, 1.165) is 42.7 Å². The quantitative estimate of drug-likeness (QED) is 0.326. The van der Waals surface area contributed by atoms with Crippen LogP contribution in [0.4, 0.5) is 13.2 Å². The number of aryl methyl sites for hydroxylation is 2. The Morgan fingerprint density at radius 2 is 1.89 bits per heavy atom. The maximum Gasteiger partial charge on any atom is 0.404 e. The second-order valence-electron chi connectivity index (χ2n) is 8.94. The maximum atomic E-state index is 12.9. The highest BCUT2D eigenvalue weighted by Crippen LogP contribution is 2.35. The Morgan fingerprint density at radius 3 is 2.53 bits per heavy atom. The van der Waals surface area contributed by atoms with Crippen LogP contribution in [-0.4, -0.2) is 40.2 Å². The number of pyridine rings is 3. The van der Waals surface area contributed by atoms with E-state index in [-0.39, 0.29) is 11.3 Å². The molecule has 4 heterocycles. The average molecular weight is 543 g/mol. The molecule has 1 N–H and O–H groups in total. The highest BCUT2D eigenvalue weighted by molar-refractivity contribution is 7.89. The van der Waals surface area contributed by atoms with Gasteiger partial charge < -0.3 is 0 Å². The largest absolute Gasteiger partial charge is 0.404 e. The molecule has 0 spiro atoms. The first-order chi connectivity index (χ1) is 18.0. The normalized spacial score (nSPS) is 13.0. The summed E-state index contributed by atoms with van der Waals surface area (Å²) in [4.78, 5) is 12.9. The molecule has 1 atom stereocenters. The molecule has 0 saturated carbocycles. The Bertz CT molecular complexity index is 1620. The molecule has 0 amide bonds. The number of nitrogens with zero attached hydrogens (tertiary/aromatic N) is 5. The molecule has 4 aromatic rings. The van der Waals surface area contributed by atoms with Crippen LogP contribution in [0, 0.1) is 18.3 Å². The van der Waals surface area contributed by atoms with Gasteiger partial charge in [-0.25, -0.2) is 18.4 Å². The zero-order valence-corrected chi connectivity index (χ0v) is 21.7. The van der Waals surface area contributed by atoms with Crippen molar-refractivity contribution in [1.29, 1.82) is 5.26 Å². The van der Waals surface area contributed by atoms with Gasteiger partial charge in [0.25, 0.3) is 0 Å². The summed E-state index contributed by atoms with van der Waals surface area (Å²) in [5.41, 5.74) is 3.21. The van der Waals surface area contributed by atoms with Crippen LogP contribution < -0.4 is 4.72 Å². The molecule has 1 unspecified atom stereocenters. The van der Waals surface area contributed by atoms with E-state index >= 15 is 0 Å². The molecule has 0 bridgehead atoms. The van der Waals surface area contributed by atoms with E-state index in [1.807, 2.05) is 25.1 Å². The number of aromatic nitrogens is 4. The molecule has 8 nitrogen and oxygen atoms in total. The van der Waals surface area contributed by atoms with E-state index in [2.05, 4.69) is 27.9 Å². The third kappa shape index (κ3) is 5.39. The van der Waals surface area contributed by atoms with Crippen molar-refractivity contribution in [3.8, 4) is 23.3 Å². The van der Waals surface area contributed by atoms with Crippen molar-refractivity contribution in [1.82, 2.24) is 24.2 Å². The molecule has 0 radical (unpaired) electrons. The topological polar surface area (TPSA) is 114 Å². The van der Waals surface area contributed by atoms with Crippen molar-refractivity contribution < 1.29 is 21.6 Å². The molecule has 0 aromatic carbocycles. The predicted octanol–water partition coefficient (Wildman–Crippen LogP) is 5.23. The highest BCUT2D eigenvalue weighted by atomic mass is 32.2. The second-order valence-corrected chi connectivity index (χ2v) is 10.7. The lowest BCUT2D eigenvalue weighted by molar-refractivity contribution is -0.147. The number of hydrogen-bond acceptors (Lipinski definition) is 6. The minimum absolute atomic E-state index is 0.237. The molecular formula is C26H25F3N6O2S. The molecule has 0 saturated heterocycles. The monoisotopic (exact) mass is 542 g/mol. The van der Waals surface area contributed by atoms with Crippen LogP contribution >= 0.6 is 0 Å². The number of nitriles is 1. The lowest BCUT2D eigenvalue weighted by atomic mass is 10.1. The van der Waals surface area contributed by atoms with Crippen LogP contribution in [0.15, 0.2) is 53.8 Å². The highest BCUT2D eigenvalue weighted by Gasteiger charge is 2.39. The SMILES string of the molecule is CCCCc1ccnc(-n2c(-c3ccc(S(=O)(=O)NC(C)C(F)(F)F)cn3)c(C#N)c3cc(C)cnc32)c1. The first kappa shape index (κ1) is 27.2. The molecule has 198 valence electrons. The van der Waals surface area contributed by atoms with Crippen LogP contribution in [0.3, 0.4) is 0 Å². The zero-order valence-electron chi connectivity index (χ0n) is 20.9. The van der Waals surface area contributed by atoms with Crippen molar-refractivity contribution in [2.75, 3.05) is 0 Å². The van der Waals surface area contributed by atoms with Crippen molar-refractivity contribution in [2.45, 2.75) is 57.1 Å². The number of fused-ring (bicyclic) bond motifs is 1. The Balaban J connectivity index is 1.87. The van der Waals surface area contributed by atoms with E-state index in [4.69, 9.17) is 0 Å². The van der Waals surface area contributed by atoms with Gasteiger partial charge in [0.1, 0.15) is 28.5 Å². The average Bonchev–Trinajstić information content (AvgIpc) is 3.20. The van der Waals surface area contributed by atoms with Gasteiger partial charge in [0, 0.05) is 24.0 Å². The summed E-state index contributed by atoms with van der Waals surface area (Å²) in [5.74, 6) is 0.510. The van der Waals surface area contributed by atoms with Gasteiger partial charge >= 0.3 is 6.18 Å². The van der Waals surface area contributed by atoms with Gasteiger partial charge in [0.05, 0.1) is 17.0 Å². The minimum atomic E-state index is -4.74. The third-order valence-electron chi connectivity index (χ3n) is 6.03. The zero-order chi connectivity index (χ0) is 27.7. The molecule has 0 fully saturated rings. The molecule has 0 aliphatic heterocycles. The van der Waals surface area contributed by atoms with E-state index in [1.54, 1.807) is 21.7 Å². The predicted molar refractivity (Wildman–Crippen MR) is 136 cm³/mol. The summed E-state index contributed by atoms with van der Waals surface area (Å²) in [6.45, 7) is 4.66. The van der Waals surface area contributed by atoms with Crippen LogP contribution in [0.5, 0.6) is 0 Å². The summed E-state index contributed by atoms with van der Waals surface area (Å²) in [5, 5.41) is 10.7. The third-order valence-corrected chi connectivity index (χ3v) is 7.55. The summed E-state index contributed by atoms with van der Waals surface area (Å²) >= 11 is 0. The van der Waals surface area contributed by atoms with E-state index in [9.17, 15) is 26.9 Å². The lowest BCUT2D eigenvalue weighted by Crippen LogP contribution is -2.42. The molecular weight excluding hydrogens is 517 g/mol. The van der Waals surface area contributed by atoms with Crippen LogP contribution in [-0.2, 0) is 16.4 Å². The standard InChI is InChI=1S/C26H25F3N6O2S/c1-4-5-6-18-9-10-31-23(12-18)35-24(21(13-30)20-11-16(2)14-33-25(20)35)22-8-7-19(15-32-22)38(36,37)34-17(3)26(27,28)29/h7-12,14-15,17,34H,4-6H2,1-3H3. The number of rotatable bonds is 8. The smallest absolute Gasteiger partial charge is 0.275 e. The maximum absolute atomic E-state index is 12.9. The van der Waals surface area contributed by atoms with Gasteiger partial charge in [-0.3, -0.25) is 9.55 Å². The van der Waals surface area contributed by atoms with Gasteiger partial charge in [-0.2, -0.15) is 23.2 Å². The molecule has 0 aliphatic rings. The van der Waals surface area contributed by atoms with E-state index in [0.29, 0.717) is 29.5 Å². The molecule has 4 rings (SSSR count). The van der Waals surface area contributed by atoms with E-state index < -0.39 is 27.1 Å². The van der Waals surface area contributed by atoms with Gasteiger partial charge in [-0.05, 0) is 68.1 Å². The van der Waals surface area contributed by atoms with Gasteiger partial charge in [0.2, 0.25) is 10.0 Å². The van der Waals surface area contributed by atoms with Crippen molar-refractivity contribution >= 4 is 21.1 Å². The van der Waals surface area contributed by atoms with Crippen molar-refractivity contribution in [3.63, 3.8) is 0 Å². The van der Waals surface area contributed by atoms with Crippen molar-refractivity contribution in [2.24, 2.45) is 0 Å². The number of halogens is 3. The second kappa shape index (κ2) is 10.5. The van der Waals surface area contributed by atoms with Gasteiger partial charge in [-0.1, -0.05) is 13.3 Å². The minimum Gasteiger partial charge on any atom is -0.275 e. The Kier molecular flexibility index (Phi) is 7.53. The molecule has 4 aromatic heterocycles. The lowest BCUT2D eigenvalue weighted by Gasteiger charge is -2.17. The molecule has 12 heteroatoms. The number of alkyl halides is 3. The first-order valence-electron chi connectivity index (χ1n) is 11.9. The molecule has 0 aliphatic carbocycles. The number of nitrogens with one attached hydrogen (secondary N) is 1. The van der Waals surface area contributed by atoms with Crippen LogP contribution in [0.25, 0.3) is 28.2 Å². The van der Waals surface area contributed by atoms with Crippen molar-refractivity contribution in [3.05, 3.63) is 65.6 Å². The fraction of sp³-hybridized carbons (Fsp3) is 0.308. The molecule has 38 heavy (non-hydrogen) atoms. The Labute approximate surface area is 218 Å². The summed E-state index contributed by atoms with van der Waals surface area (Å²) < 4.78 is 67.1. The fourth-order valence-corrected chi connectivity index (χ4v) is 5.19. The first-order valence-corrected chi connectivity index (χ1v) is 13.4. The number of unbranched alkanes of at least 4 members (excludes halogenated alkanes) is 1. The Morgan fingerprint density at radius 1 is 1.13 bits per heavy atom. The summed E-state index contributed by atoms with van der Waals surface area (Å²) in [7, 11) is -4.49.